The average molecular weight is 357 g/mol. The number of benzene rings is 2. The lowest BCUT2D eigenvalue weighted by Crippen LogP contribution is -2.42. The number of amides is 1. The zero-order valence-electron chi connectivity index (χ0n) is 15.5. The Labute approximate surface area is 155 Å². The summed E-state index contributed by atoms with van der Waals surface area (Å²) in [6, 6.07) is 18.6. The Balaban J connectivity index is 2.13. The van der Waals surface area contributed by atoms with Gasteiger partial charge in [0.15, 0.2) is 0 Å². The monoisotopic (exact) mass is 357 g/mol. The molecule has 0 spiro atoms. The van der Waals surface area contributed by atoms with Crippen molar-refractivity contribution in [2.45, 2.75) is 45.1 Å². The van der Waals surface area contributed by atoms with Gasteiger partial charge < -0.3 is 19.9 Å². The summed E-state index contributed by atoms with van der Waals surface area (Å²) in [6.07, 6.45) is -1.15. The average Bonchev–Trinajstić information content (AvgIpc) is 2.61. The van der Waals surface area contributed by atoms with Crippen molar-refractivity contribution in [1.29, 1.82) is 0 Å². The van der Waals surface area contributed by atoms with E-state index in [4.69, 9.17) is 9.47 Å². The van der Waals surface area contributed by atoms with Gasteiger partial charge in [-0.05, 0) is 31.9 Å². The van der Waals surface area contributed by atoms with Gasteiger partial charge >= 0.3 is 6.09 Å². The van der Waals surface area contributed by atoms with Crippen LogP contribution in [0.25, 0.3) is 0 Å². The van der Waals surface area contributed by atoms with Crippen LogP contribution in [0.4, 0.5) is 4.79 Å². The second kappa shape index (κ2) is 9.36. The van der Waals surface area contributed by atoms with E-state index in [2.05, 4.69) is 5.32 Å². The molecule has 2 N–H and O–H groups in total. The molecule has 0 aliphatic heterocycles. The summed E-state index contributed by atoms with van der Waals surface area (Å²) in [7, 11) is 0. The van der Waals surface area contributed by atoms with Gasteiger partial charge in [0.2, 0.25) is 0 Å². The van der Waals surface area contributed by atoms with Crippen LogP contribution in [-0.2, 0) is 16.1 Å². The molecule has 0 radical (unpaired) electrons. The number of carbonyl (C=O) groups is 1. The maximum absolute atomic E-state index is 12.3. The van der Waals surface area contributed by atoms with Crippen LogP contribution in [0.1, 0.15) is 37.9 Å². The first kappa shape index (κ1) is 19.9. The minimum absolute atomic E-state index is 0.234. The van der Waals surface area contributed by atoms with E-state index in [1.807, 2.05) is 60.7 Å². The second-order valence-electron chi connectivity index (χ2n) is 7.05. The van der Waals surface area contributed by atoms with E-state index in [1.165, 1.54) is 0 Å². The Morgan fingerprint density at radius 1 is 1.04 bits per heavy atom. The van der Waals surface area contributed by atoms with Crippen LogP contribution in [0.3, 0.4) is 0 Å². The zero-order valence-corrected chi connectivity index (χ0v) is 15.5. The Morgan fingerprint density at radius 2 is 1.62 bits per heavy atom. The van der Waals surface area contributed by atoms with Crippen molar-refractivity contribution < 1.29 is 19.4 Å². The third-order valence-corrected chi connectivity index (χ3v) is 3.69. The van der Waals surface area contributed by atoms with Crippen molar-refractivity contribution >= 4 is 6.09 Å². The van der Waals surface area contributed by atoms with Gasteiger partial charge in [-0.15, -0.1) is 0 Å². The van der Waals surface area contributed by atoms with Gasteiger partial charge in [-0.2, -0.15) is 0 Å². The highest BCUT2D eigenvalue weighted by Crippen LogP contribution is 2.21. The summed E-state index contributed by atoms with van der Waals surface area (Å²) in [5, 5.41) is 12.7. The van der Waals surface area contributed by atoms with Gasteiger partial charge in [-0.3, -0.25) is 0 Å². The normalized spacial score (nSPS) is 13.7. The standard InChI is InChI=1S/C21H27NO4/c1-21(2,3)26-20(24)22-19(17-12-8-5-9-13-17)18(14-23)25-15-16-10-6-4-7-11-16/h4-13,18-19,23H,14-15H2,1-3H3,(H,22,24)/t18-,19-/m0/s1. The molecule has 0 aliphatic rings. The van der Waals surface area contributed by atoms with E-state index in [9.17, 15) is 9.90 Å². The Bertz CT molecular complexity index is 667. The highest BCUT2D eigenvalue weighted by molar-refractivity contribution is 5.68. The molecule has 2 rings (SSSR count). The van der Waals surface area contributed by atoms with E-state index in [0.29, 0.717) is 6.61 Å². The SMILES string of the molecule is CC(C)(C)OC(=O)N[C@@H](c1ccccc1)[C@H](CO)OCc1ccccc1. The molecule has 0 heterocycles. The Hall–Kier alpha value is -2.37. The topological polar surface area (TPSA) is 67.8 Å². The van der Waals surface area contributed by atoms with Crippen molar-refractivity contribution in [1.82, 2.24) is 5.32 Å². The van der Waals surface area contributed by atoms with Gasteiger partial charge in [0.1, 0.15) is 11.7 Å². The molecule has 0 unspecified atom stereocenters. The van der Waals surface area contributed by atoms with E-state index >= 15 is 0 Å². The highest BCUT2D eigenvalue weighted by atomic mass is 16.6. The fraction of sp³-hybridized carbons (Fsp3) is 0.381. The van der Waals surface area contributed by atoms with Crippen LogP contribution in [-0.4, -0.2) is 29.5 Å². The lowest BCUT2D eigenvalue weighted by atomic mass is 10.0. The summed E-state index contributed by atoms with van der Waals surface area (Å²) in [6.45, 7) is 5.52. The second-order valence-corrected chi connectivity index (χ2v) is 7.05. The predicted molar refractivity (Wildman–Crippen MR) is 101 cm³/mol. The molecule has 0 saturated heterocycles. The quantitative estimate of drug-likeness (QED) is 0.790. The zero-order chi connectivity index (χ0) is 19.0. The molecule has 0 saturated carbocycles. The Kier molecular flexibility index (Phi) is 7.18. The largest absolute Gasteiger partial charge is 0.444 e. The molecule has 0 aromatic heterocycles. The van der Waals surface area contributed by atoms with Crippen molar-refractivity contribution in [2.24, 2.45) is 0 Å². The Morgan fingerprint density at radius 3 is 2.15 bits per heavy atom. The molecule has 5 nitrogen and oxygen atoms in total. The first-order valence-corrected chi connectivity index (χ1v) is 8.70. The number of carbonyl (C=O) groups excluding carboxylic acids is 1. The van der Waals surface area contributed by atoms with Gasteiger partial charge in [-0.25, -0.2) is 4.79 Å². The summed E-state index contributed by atoms with van der Waals surface area (Å²) in [5.74, 6) is 0. The summed E-state index contributed by atoms with van der Waals surface area (Å²) < 4.78 is 11.3. The van der Waals surface area contributed by atoms with Crippen LogP contribution < -0.4 is 5.32 Å². The number of rotatable bonds is 7. The van der Waals surface area contributed by atoms with E-state index in [1.54, 1.807) is 20.8 Å². The molecule has 5 heteroatoms. The fourth-order valence-corrected chi connectivity index (χ4v) is 2.52. The van der Waals surface area contributed by atoms with Crippen LogP contribution in [0.15, 0.2) is 60.7 Å². The number of aliphatic hydroxyl groups is 1. The van der Waals surface area contributed by atoms with E-state index < -0.39 is 23.8 Å². The summed E-state index contributed by atoms with van der Waals surface area (Å²) in [5.41, 5.74) is 1.23. The van der Waals surface area contributed by atoms with Gasteiger partial charge in [0, 0.05) is 0 Å². The number of hydrogen-bond acceptors (Lipinski definition) is 4. The molecular formula is C21H27NO4. The minimum Gasteiger partial charge on any atom is -0.444 e. The molecule has 140 valence electrons. The first-order valence-electron chi connectivity index (χ1n) is 8.70. The molecule has 1 amide bonds. The lowest BCUT2D eigenvalue weighted by molar-refractivity contribution is -0.0240. The van der Waals surface area contributed by atoms with E-state index in [-0.39, 0.29) is 6.61 Å². The van der Waals surface area contributed by atoms with Crippen LogP contribution in [0, 0.1) is 0 Å². The lowest BCUT2D eigenvalue weighted by Gasteiger charge is -2.29. The number of aliphatic hydroxyl groups excluding tert-OH is 1. The first-order chi connectivity index (χ1) is 12.4. The van der Waals surface area contributed by atoms with E-state index in [0.717, 1.165) is 11.1 Å². The molecule has 26 heavy (non-hydrogen) atoms. The highest BCUT2D eigenvalue weighted by Gasteiger charge is 2.27. The number of alkyl carbamates (subject to hydrolysis) is 1. The predicted octanol–water partition coefficient (Wildman–Crippen LogP) is 3.83. The molecule has 2 atom stereocenters. The van der Waals surface area contributed by atoms with Crippen molar-refractivity contribution in [2.75, 3.05) is 6.61 Å². The third-order valence-electron chi connectivity index (χ3n) is 3.69. The van der Waals surface area contributed by atoms with Gasteiger partial charge in [0.05, 0.1) is 19.3 Å². The summed E-state index contributed by atoms with van der Waals surface area (Å²) >= 11 is 0. The van der Waals surface area contributed by atoms with Crippen molar-refractivity contribution in [3.63, 3.8) is 0 Å². The van der Waals surface area contributed by atoms with Crippen molar-refractivity contribution in [3.05, 3.63) is 71.8 Å². The van der Waals surface area contributed by atoms with Crippen LogP contribution in [0.2, 0.25) is 0 Å². The van der Waals surface area contributed by atoms with Crippen molar-refractivity contribution in [3.8, 4) is 0 Å². The van der Waals surface area contributed by atoms with Crippen LogP contribution in [0.5, 0.6) is 0 Å². The smallest absolute Gasteiger partial charge is 0.408 e. The molecule has 0 bridgehead atoms. The molecule has 0 fully saturated rings. The molecule has 2 aromatic carbocycles. The van der Waals surface area contributed by atoms with Gasteiger partial charge in [0.25, 0.3) is 0 Å². The molecule has 2 aromatic rings. The van der Waals surface area contributed by atoms with Crippen LogP contribution >= 0.6 is 0 Å². The minimum atomic E-state index is -0.606. The maximum atomic E-state index is 12.3. The fourth-order valence-electron chi connectivity index (χ4n) is 2.52. The summed E-state index contributed by atoms with van der Waals surface area (Å²) in [4.78, 5) is 12.3. The van der Waals surface area contributed by atoms with Gasteiger partial charge in [-0.1, -0.05) is 60.7 Å². The molecule has 0 aliphatic carbocycles. The number of ether oxygens (including phenoxy) is 2. The maximum Gasteiger partial charge on any atom is 0.408 e. The number of nitrogens with one attached hydrogen (secondary N) is 1. The third kappa shape index (κ3) is 6.50. The molecular weight excluding hydrogens is 330 g/mol. The number of hydrogen-bond donors (Lipinski definition) is 2.